The highest BCUT2D eigenvalue weighted by Crippen LogP contribution is 2.17. The molecule has 19 heavy (non-hydrogen) atoms. The van der Waals surface area contributed by atoms with E-state index >= 15 is 0 Å². The zero-order chi connectivity index (χ0) is 13.8. The first-order valence-electron chi connectivity index (χ1n) is 7.72. The summed E-state index contributed by atoms with van der Waals surface area (Å²) in [6.45, 7) is 8.10. The first-order valence-corrected chi connectivity index (χ1v) is 8.54. The van der Waals surface area contributed by atoms with Gasteiger partial charge in [-0.1, -0.05) is 46.0 Å². The quantitative estimate of drug-likeness (QED) is 0.560. The van der Waals surface area contributed by atoms with Crippen molar-refractivity contribution in [2.45, 2.75) is 65.5 Å². The van der Waals surface area contributed by atoms with Gasteiger partial charge in [0.25, 0.3) is 0 Å². The zero-order valence-electron chi connectivity index (χ0n) is 12.5. The highest BCUT2D eigenvalue weighted by atomic mass is 32.1. The van der Waals surface area contributed by atoms with Gasteiger partial charge in [-0.15, -0.1) is 11.3 Å². The Kier molecular flexibility index (Phi) is 10.0. The second kappa shape index (κ2) is 11.4. The number of nitrogens with one attached hydrogen (secondary N) is 1. The van der Waals surface area contributed by atoms with Crippen LogP contribution in [-0.4, -0.2) is 13.2 Å². The molecular weight excluding hydrogens is 254 g/mol. The Hall–Kier alpha value is -0.380. The third-order valence-corrected chi connectivity index (χ3v) is 4.21. The predicted octanol–water partition coefficient (Wildman–Crippen LogP) is 4.73. The number of thiophene rings is 1. The summed E-state index contributed by atoms with van der Waals surface area (Å²) in [4.78, 5) is 2.75. The van der Waals surface area contributed by atoms with Crippen molar-refractivity contribution in [1.82, 2.24) is 5.32 Å². The van der Waals surface area contributed by atoms with Gasteiger partial charge >= 0.3 is 0 Å². The SMILES string of the molecule is CCCCCCCCOCc1ccc(CNCC)s1. The Morgan fingerprint density at radius 3 is 2.53 bits per heavy atom. The average molecular weight is 283 g/mol. The first kappa shape index (κ1) is 16.7. The van der Waals surface area contributed by atoms with E-state index in [9.17, 15) is 0 Å². The lowest BCUT2D eigenvalue weighted by Crippen LogP contribution is -2.10. The maximum Gasteiger partial charge on any atom is 0.0809 e. The molecule has 0 amide bonds. The molecule has 0 aliphatic carbocycles. The molecule has 1 rings (SSSR count). The number of unbranched alkanes of at least 4 members (excludes halogenated alkanes) is 5. The molecule has 3 heteroatoms. The van der Waals surface area contributed by atoms with E-state index in [1.54, 1.807) is 0 Å². The fourth-order valence-corrected chi connectivity index (χ4v) is 2.93. The van der Waals surface area contributed by atoms with Gasteiger partial charge in [-0.05, 0) is 25.1 Å². The Morgan fingerprint density at radius 2 is 1.74 bits per heavy atom. The molecule has 0 saturated heterocycles. The molecule has 1 aromatic heterocycles. The first-order chi connectivity index (χ1) is 9.36. The van der Waals surface area contributed by atoms with Crippen molar-refractivity contribution in [3.05, 3.63) is 21.9 Å². The lowest BCUT2D eigenvalue weighted by molar-refractivity contribution is 0.119. The third-order valence-electron chi connectivity index (χ3n) is 3.15. The summed E-state index contributed by atoms with van der Waals surface area (Å²) >= 11 is 1.86. The topological polar surface area (TPSA) is 21.3 Å². The largest absolute Gasteiger partial charge is 0.376 e. The van der Waals surface area contributed by atoms with Crippen LogP contribution in [0.15, 0.2) is 12.1 Å². The minimum absolute atomic E-state index is 0.783. The fraction of sp³-hybridized carbons (Fsp3) is 0.750. The van der Waals surface area contributed by atoms with Crippen LogP contribution in [0, 0.1) is 0 Å². The van der Waals surface area contributed by atoms with Gasteiger partial charge in [-0.25, -0.2) is 0 Å². The van der Waals surface area contributed by atoms with E-state index in [-0.39, 0.29) is 0 Å². The van der Waals surface area contributed by atoms with Crippen molar-refractivity contribution in [3.8, 4) is 0 Å². The molecule has 1 aromatic rings. The van der Waals surface area contributed by atoms with E-state index in [1.807, 2.05) is 11.3 Å². The third kappa shape index (κ3) is 8.40. The van der Waals surface area contributed by atoms with E-state index in [0.29, 0.717) is 0 Å². The Morgan fingerprint density at radius 1 is 1.00 bits per heavy atom. The summed E-state index contributed by atoms with van der Waals surface area (Å²) in [6.07, 6.45) is 7.97. The van der Waals surface area contributed by atoms with Gasteiger partial charge < -0.3 is 10.1 Å². The number of hydrogen-bond donors (Lipinski definition) is 1. The van der Waals surface area contributed by atoms with Crippen LogP contribution in [0.25, 0.3) is 0 Å². The van der Waals surface area contributed by atoms with Gasteiger partial charge in [0, 0.05) is 22.9 Å². The van der Waals surface area contributed by atoms with Gasteiger partial charge in [-0.3, -0.25) is 0 Å². The number of ether oxygens (including phenoxy) is 1. The molecular formula is C16H29NOS. The van der Waals surface area contributed by atoms with Crippen molar-refractivity contribution >= 4 is 11.3 Å². The van der Waals surface area contributed by atoms with Crippen molar-refractivity contribution in [1.29, 1.82) is 0 Å². The van der Waals surface area contributed by atoms with Crippen LogP contribution in [0.5, 0.6) is 0 Å². The summed E-state index contributed by atoms with van der Waals surface area (Å²) in [5.74, 6) is 0. The number of rotatable bonds is 12. The summed E-state index contributed by atoms with van der Waals surface area (Å²) in [6, 6.07) is 4.40. The molecule has 0 bridgehead atoms. The molecule has 0 spiro atoms. The minimum atomic E-state index is 0.783. The molecule has 0 saturated carbocycles. The van der Waals surface area contributed by atoms with Gasteiger partial charge in [-0.2, -0.15) is 0 Å². The Labute approximate surface area is 122 Å². The fourth-order valence-electron chi connectivity index (χ4n) is 2.00. The van der Waals surface area contributed by atoms with E-state index in [0.717, 1.165) is 26.3 Å². The van der Waals surface area contributed by atoms with E-state index in [4.69, 9.17) is 4.74 Å². The van der Waals surface area contributed by atoms with Crippen LogP contribution >= 0.6 is 11.3 Å². The van der Waals surface area contributed by atoms with Gasteiger partial charge in [0.05, 0.1) is 6.61 Å². The molecule has 0 aromatic carbocycles. The molecule has 0 radical (unpaired) electrons. The smallest absolute Gasteiger partial charge is 0.0809 e. The highest BCUT2D eigenvalue weighted by Gasteiger charge is 2.00. The summed E-state index contributed by atoms with van der Waals surface area (Å²) in [7, 11) is 0. The minimum Gasteiger partial charge on any atom is -0.376 e. The van der Waals surface area contributed by atoms with Gasteiger partial charge in [0.15, 0.2) is 0 Å². The molecule has 1 N–H and O–H groups in total. The van der Waals surface area contributed by atoms with Crippen LogP contribution < -0.4 is 5.32 Å². The van der Waals surface area contributed by atoms with Crippen LogP contribution in [0.4, 0.5) is 0 Å². The summed E-state index contributed by atoms with van der Waals surface area (Å²) in [5, 5.41) is 3.35. The van der Waals surface area contributed by atoms with Crippen molar-refractivity contribution in [3.63, 3.8) is 0 Å². The lowest BCUT2D eigenvalue weighted by Gasteiger charge is -2.03. The maximum atomic E-state index is 5.73. The van der Waals surface area contributed by atoms with E-state index in [1.165, 1.54) is 48.3 Å². The normalized spacial score (nSPS) is 11.1. The van der Waals surface area contributed by atoms with Crippen molar-refractivity contribution in [2.24, 2.45) is 0 Å². The second-order valence-corrected chi connectivity index (χ2v) is 6.22. The standard InChI is InChI=1S/C16H29NOS/c1-3-5-6-7-8-9-12-18-14-16-11-10-15(19-16)13-17-4-2/h10-11,17H,3-9,12-14H2,1-2H3. The number of hydrogen-bond acceptors (Lipinski definition) is 3. The molecule has 2 nitrogen and oxygen atoms in total. The zero-order valence-corrected chi connectivity index (χ0v) is 13.4. The van der Waals surface area contributed by atoms with E-state index in [2.05, 4.69) is 31.3 Å². The highest BCUT2D eigenvalue weighted by molar-refractivity contribution is 7.11. The molecule has 0 aliphatic heterocycles. The molecule has 0 unspecified atom stereocenters. The predicted molar refractivity (Wildman–Crippen MR) is 84.7 cm³/mol. The van der Waals surface area contributed by atoms with Gasteiger partial charge in [0.2, 0.25) is 0 Å². The summed E-state index contributed by atoms with van der Waals surface area (Å²) in [5.41, 5.74) is 0. The van der Waals surface area contributed by atoms with Crippen LogP contribution in [-0.2, 0) is 17.9 Å². The Bertz CT molecular complexity index is 311. The van der Waals surface area contributed by atoms with Crippen molar-refractivity contribution in [2.75, 3.05) is 13.2 Å². The van der Waals surface area contributed by atoms with Crippen LogP contribution in [0.3, 0.4) is 0 Å². The molecule has 110 valence electrons. The maximum absolute atomic E-state index is 5.73. The molecule has 0 fully saturated rings. The van der Waals surface area contributed by atoms with Gasteiger partial charge in [0.1, 0.15) is 0 Å². The monoisotopic (exact) mass is 283 g/mol. The van der Waals surface area contributed by atoms with Crippen LogP contribution in [0.1, 0.15) is 62.1 Å². The molecule has 0 aliphatic rings. The van der Waals surface area contributed by atoms with Crippen LogP contribution in [0.2, 0.25) is 0 Å². The second-order valence-electron chi connectivity index (χ2n) is 4.97. The molecule has 0 atom stereocenters. The average Bonchev–Trinajstić information content (AvgIpc) is 2.87. The van der Waals surface area contributed by atoms with Crippen molar-refractivity contribution < 1.29 is 4.74 Å². The van der Waals surface area contributed by atoms with E-state index < -0.39 is 0 Å². The lowest BCUT2D eigenvalue weighted by atomic mass is 10.1. The Balaban J connectivity index is 1.98. The molecule has 1 heterocycles. The summed E-state index contributed by atoms with van der Waals surface area (Å²) < 4.78 is 5.73.